The van der Waals surface area contributed by atoms with Crippen LogP contribution in [0, 0.1) is 5.92 Å². The van der Waals surface area contributed by atoms with Crippen molar-refractivity contribution in [2.24, 2.45) is 5.92 Å². The summed E-state index contributed by atoms with van der Waals surface area (Å²) < 4.78 is 0. The number of benzene rings is 1. The average Bonchev–Trinajstić information content (AvgIpc) is 3.02. The van der Waals surface area contributed by atoms with Crippen LogP contribution in [0.1, 0.15) is 55.5 Å². The van der Waals surface area contributed by atoms with Crippen molar-refractivity contribution in [1.29, 1.82) is 0 Å². The van der Waals surface area contributed by atoms with E-state index >= 15 is 0 Å². The molecule has 2 rings (SSSR count). The summed E-state index contributed by atoms with van der Waals surface area (Å²) in [4.78, 5) is 0. The summed E-state index contributed by atoms with van der Waals surface area (Å²) >= 11 is 6.37. The molecule has 1 atom stereocenters. The van der Waals surface area contributed by atoms with Crippen molar-refractivity contribution in [1.82, 2.24) is 0 Å². The molecule has 1 aliphatic rings. The summed E-state index contributed by atoms with van der Waals surface area (Å²) in [6, 6.07) is 8.80. The quantitative estimate of drug-likeness (QED) is 0.637. The Bertz CT molecular complexity index is 309. The molecule has 1 aliphatic carbocycles. The van der Waals surface area contributed by atoms with Gasteiger partial charge in [0.15, 0.2) is 0 Å². The number of hydrogen-bond acceptors (Lipinski definition) is 0. The third-order valence-electron chi connectivity index (χ3n) is 3.20. The molecule has 0 amide bonds. The maximum Gasteiger partial charge on any atom is 0.0587 e. The second-order valence-electron chi connectivity index (χ2n) is 4.97. The van der Waals surface area contributed by atoms with Gasteiger partial charge in [0.1, 0.15) is 0 Å². The molecule has 15 heavy (non-hydrogen) atoms. The van der Waals surface area contributed by atoms with Gasteiger partial charge in [-0.15, -0.1) is 11.6 Å². The molecule has 0 spiro atoms. The molecule has 1 aromatic rings. The van der Waals surface area contributed by atoms with Crippen molar-refractivity contribution in [3.8, 4) is 0 Å². The van der Waals surface area contributed by atoms with Crippen LogP contribution in [0.4, 0.5) is 0 Å². The van der Waals surface area contributed by atoms with E-state index in [1.165, 1.54) is 24.0 Å². The van der Waals surface area contributed by atoms with Crippen LogP contribution in [0.5, 0.6) is 0 Å². The van der Waals surface area contributed by atoms with Gasteiger partial charge in [-0.25, -0.2) is 0 Å². The molecular formula is C14H19Cl. The molecule has 0 heterocycles. The molecule has 1 saturated carbocycles. The zero-order valence-electron chi connectivity index (χ0n) is 9.54. The van der Waals surface area contributed by atoms with Crippen molar-refractivity contribution >= 4 is 11.6 Å². The normalized spacial score (nSPS) is 18.1. The predicted octanol–water partition coefficient (Wildman–Crippen LogP) is 4.89. The first-order valence-electron chi connectivity index (χ1n) is 5.90. The van der Waals surface area contributed by atoms with Gasteiger partial charge in [0, 0.05) is 0 Å². The molecule has 0 N–H and O–H groups in total. The Morgan fingerprint density at radius 2 is 1.67 bits per heavy atom. The largest absolute Gasteiger partial charge is 0.118 e. The molecule has 1 fully saturated rings. The lowest BCUT2D eigenvalue weighted by atomic mass is 9.99. The second-order valence-corrected chi connectivity index (χ2v) is 5.49. The summed E-state index contributed by atoms with van der Waals surface area (Å²) in [7, 11) is 0. The Hall–Kier alpha value is -0.490. The second kappa shape index (κ2) is 4.57. The fraction of sp³-hybridized carbons (Fsp3) is 0.571. The van der Waals surface area contributed by atoms with E-state index < -0.39 is 0 Å². The van der Waals surface area contributed by atoms with Crippen molar-refractivity contribution in [2.75, 3.05) is 0 Å². The fourth-order valence-electron chi connectivity index (χ4n) is 1.87. The Kier molecular flexibility index (Phi) is 3.35. The zero-order chi connectivity index (χ0) is 10.8. The van der Waals surface area contributed by atoms with Crippen molar-refractivity contribution in [2.45, 2.75) is 44.4 Å². The van der Waals surface area contributed by atoms with Gasteiger partial charge in [-0.2, -0.15) is 0 Å². The predicted molar refractivity (Wildman–Crippen MR) is 66.5 cm³/mol. The summed E-state index contributed by atoms with van der Waals surface area (Å²) in [5, 5.41) is 0.221. The lowest BCUT2D eigenvalue weighted by molar-refractivity contribution is 0.706. The minimum absolute atomic E-state index is 0.221. The molecule has 1 aromatic carbocycles. The molecule has 0 aliphatic heterocycles. The highest BCUT2D eigenvalue weighted by atomic mass is 35.5. The van der Waals surface area contributed by atoms with Gasteiger partial charge in [0.05, 0.1) is 5.38 Å². The van der Waals surface area contributed by atoms with Gasteiger partial charge in [-0.05, 0) is 29.4 Å². The van der Waals surface area contributed by atoms with E-state index in [-0.39, 0.29) is 5.38 Å². The van der Waals surface area contributed by atoms with Crippen molar-refractivity contribution < 1.29 is 0 Å². The topological polar surface area (TPSA) is 0 Å². The van der Waals surface area contributed by atoms with Crippen LogP contribution in [0.2, 0.25) is 0 Å². The Balaban J connectivity index is 2.01. The molecular weight excluding hydrogens is 204 g/mol. The summed E-state index contributed by atoms with van der Waals surface area (Å²) in [6.07, 6.45) is 3.92. The Morgan fingerprint density at radius 1 is 1.13 bits per heavy atom. The van der Waals surface area contributed by atoms with Crippen LogP contribution in [0.3, 0.4) is 0 Å². The highest BCUT2D eigenvalue weighted by molar-refractivity contribution is 6.20. The Morgan fingerprint density at radius 3 is 2.13 bits per heavy atom. The van der Waals surface area contributed by atoms with E-state index in [4.69, 9.17) is 11.6 Å². The molecule has 1 heteroatoms. The van der Waals surface area contributed by atoms with Gasteiger partial charge in [0.25, 0.3) is 0 Å². The minimum Gasteiger partial charge on any atom is -0.118 e. The maximum atomic E-state index is 6.37. The van der Waals surface area contributed by atoms with Crippen molar-refractivity contribution in [3.63, 3.8) is 0 Å². The fourth-order valence-corrected chi connectivity index (χ4v) is 2.27. The summed E-state index contributed by atoms with van der Waals surface area (Å²) in [5.41, 5.74) is 2.68. The first kappa shape index (κ1) is 11.0. The third kappa shape index (κ3) is 2.98. The first-order chi connectivity index (χ1) is 7.16. The van der Waals surface area contributed by atoms with Crippen LogP contribution in [-0.4, -0.2) is 0 Å². The number of rotatable bonds is 4. The Labute approximate surface area is 97.6 Å². The minimum atomic E-state index is 0.221. The molecule has 0 nitrogen and oxygen atoms in total. The average molecular weight is 223 g/mol. The van der Waals surface area contributed by atoms with E-state index in [9.17, 15) is 0 Å². The highest BCUT2D eigenvalue weighted by Gasteiger charge is 2.25. The number of halogens is 1. The summed E-state index contributed by atoms with van der Waals surface area (Å²) in [5.74, 6) is 1.51. The van der Waals surface area contributed by atoms with Crippen LogP contribution in [0.25, 0.3) is 0 Å². The monoisotopic (exact) mass is 222 g/mol. The third-order valence-corrected chi connectivity index (χ3v) is 3.63. The molecule has 0 saturated heterocycles. The SMILES string of the molecule is CC(C)c1ccc(C(Cl)CC2CC2)cc1. The molecule has 0 aromatic heterocycles. The maximum absolute atomic E-state index is 6.37. The van der Waals surface area contributed by atoms with Crippen LogP contribution in [-0.2, 0) is 0 Å². The van der Waals surface area contributed by atoms with E-state index in [0.717, 1.165) is 12.3 Å². The summed E-state index contributed by atoms with van der Waals surface area (Å²) in [6.45, 7) is 4.44. The van der Waals surface area contributed by atoms with Gasteiger partial charge >= 0.3 is 0 Å². The standard InChI is InChI=1S/C14H19Cl/c1-10(2)12-5-7-13(8-6-12)14(15)9-11-3-4-11/h5-8,10-11,14H,3-4,9H2,1-2H3. The number of hydrogen-bond donors (Lipinski definition) is 0. The lowest BCUT2D eigenvalue weighted by Gasteiger charge is -2.11. The van der Waals surface area contributed by atoms with Gasteiger partial charge in [0.2, 0.25) is 0 Å². The number of alkyl halides is 1. The van der Waals surface area contributed by atoms with Crippen LogP contribution in [0.15, 0.2) is 24.3 Å². The lowest BCUT2D eigenvalue weighted by Crippen LogP contribution is -1.93. The van der Waals surface area contributed by atoms with Gasteiger partial charge in [-0.1, -0.05) is 51.0 Å². The van der Waals surface area contributed by atoms with E-state index in [0.29, 0.717) is 5.92 Å². The van der Waals surface area contributed by atoms with E-state index in [1.807, 2.05) is 0 Å². The van der Waals surface area contributed by atoms with Crippen LogP contribution >= 0.6 is 11.6 Å². The van der Waals surface area contributed by atoms with Gasteiger partial charge < -0.3 is 0 Å². The molecule has 0 radical (unpaired) electrons. The van der Waals surface area contributed by atoms with E-state index in [1.54, 1.807) is 0 Å². The molecule has 1 unspecified atom stereocenters. The zero-order valence-corrected chi connectivity index (χ0v) is 10.3. The van der Waals surface area contributed by atoms with Crippen LogP contribution < -0.4 is 0 Å². The van der Waals surface area contributed by atoms with Crippen molar-refractivity contribution in [3.05, 3.63) is 35.4 Å². The van der Waals surface area contributed by atoms with E-state index in [2.05, 4.69) is 38.1 Å². The molecule has 82 valence electrons. The highest BCUT2D eigenvalue weighted by Crippen LogP contribution is 2.40. The first-order valence-corrected chi connectivity index (χ1v) is 6.34. The van der Waals surface area contributed by atoms with Gasteiger partial charge in [-0.3, -0.25) is 0 Å². The smallest absolute Gasteiger partial charge is 0.0587 e. The molecule has 0 bridgehead atoms.